The van der Waals surface area contributed by atoms with E-state index in [1.54, 1.807) is 0 Å². The number of hydrogen-bond donors (Lipinski definition) is 0. The first-order valence-corrected chi connectivity index (χ1v) is 4.65. The molecule has 0 unspecified atom stereocenters. The van der Waals surface area contributed by atoms with Crippen LogP contribution in [-0.4, -0.2) is 31.9 Å². The first kappa shape index (κ1) is 14.3. The molecule has 90 valence electrons. The van der Waals surface area contributed by atoms with Crippen LogP contribution in [0.3, 0.4) is 0 Å². The second-order valence-electron chi connectivity index (χ2n) is 3.65. The summed E-state index contributed by atoms with van der Waals surface area (Å²) >= 11 is 0. The van der Waals surface area contributed by atoms with Crippen molar-refractivity contribution in [3.05, 3.63) is 12.2 Å². The fraction of sp³-hybridized carbons (Fsp3) is 0.545. The topological polar surface area (TPSA) is 69.7 Å². The number of carbonyl (C=O) groups is 3. The Bertz CT molecular complexity index is 313. The lowest BCUT2D eigenvalue weighted by molar-refractivity contribution is -0.167. The molecule has 0 rings (SSSR count). The smallest absolute Gasteiger partial charge is 0.323 e. The Labute approximate surface area is 94.4 Å². The van der Waals surface area contributed by atoms with Gasteiger partial charge in [0.25, 0.3) is 0 Å². The molecule has 0 fully saturated rings. The van der Waals surface area contributed by atoms with Gasteiger partial charge in [0.1, 0.15) is 0 Å². The van der Waals surface area contributed by atoms with Crippen molar-refractivity contribution in [2.24, 2.45) is 5.41 Å². The lowest BCUT2D eigenvalue weighted by Crippen LogP contribution is -2.39. The van der Waals surface area contributed by atoms with Gasteiger partial charge in [-0.1, -0.05) is 6.58 Å². The van der Waals surface area contributed by atoms with Crippen LogP contribution in [0, 0.1) is 5.41 Å². The van der Waals surface area contributed by atoms with Crippen LogP contribution >= 0.6 is 0 Å². The van der Waals surface area contributed by atoms with Gasteiger partial charge in [0.2, 0.25) is 0 Å². The van der Waals surface area contributed by atoms with Gasteiger partial charge >= 0.3 is 11.9 Å². The number of ether oxygens (including phenoxy) is 2. The van der Waals surface area contributed by atoms with Gasteiger partial charge in [-0.3, -0.25) is 14.4 Å². The van der Waals surface area contributed by atoms with Gasteiger partial charge in [-0.05, 0) is 19.4 Å². The average molecular weight is 228 g/mol. The van der Waals surface area contributed by atoms with Crippen LogP contribution < -0.4 is 0 Å². The van der Waals surface area contributed by atoms with Crippen LogP contribution in [0.1, 0.15) is 20.3 Å². The molecular weight excluding hydrogens is 212 g/mol. The molecule has 0 aromatic rings. The Morgan fingerprint density at radius 1 is 1.12 bits per heavy atom. The molecular formula is C11H16O5. The van der Waals surface area contributed by atoms with E-state index in [9.17, 15) is 14.4 Å². The SMILES string of the molecule is C=C(CC(C)(C(=O)OC)C(=O)OC)C(C)=O. The fourth-order valence-electron chi connectivity index (χ4n) is 1.23. The molecule has 0 aromatic heterocycles. The molecule has 0 radical (unpaired) electrons. The van der Waals surface area contributed by atoms with E-state index in [1.165, 1.54) is 28.1 Å². The summed E-state index contributed by atoms with van der Waals surface area (Å²) in [6.07, 6.45) is -0.109. The molecule has 16 heavy (non-hydrogen) atoms. The van der Waals surface area contributed by atoms with Crippen LogP contribution in [-0.2, 0) is 23.9 Å². The predicted molar refractivity (Wildman–Crippen MR) is 56.6 cm³/mol. The zero-order chi connectivity index (χ0) is 12.9. The van der Waals surface area contributed by atoms with Crippen LogP contribution in [0.5, 0.6) is 0 Å². The molecule has 0 spiro atoms. The minimum Gasteiger partial charge on any atom is -0.468 e. The molecule has 0 bridgehead atoms. The van der Waals surface area contributed by atoms with E-state index in [0.717, 1.165) is 0 Å². The molecule has 0 atom stereocenters. The van der Waals surface area contributed by atoms with Crippen molar-refractivity contribution < 1.29 is 23.9 Å². The standard InChI is InChI=1S/C11H16O5/c1-7(8(2)12)6-11(3,9(13)15-4)10(14)16-5/h1,6H2,2-5H3. The average Bonchev–Trinajstić information content (AvgIpc) is 2.25. The summed E-state index contributed by atoms with van der Waals surface area (Å²) in [7, 11) is 2.33. The first-order chi connectivity index (χ1) is 7.29. The van der Waals surface area contributed by atoms with Gasteiger partial charge in [-0.2, -0.15) is 0 Å². The van der Waals surface area contributed by atoms with Crippen molar-refractivity contribution >= 4 is 17.7 Å². The van der Waals surface area contributed by atoms with Gasteiger partial charge < -0.3 is 9.47 Å². The van der Waals surface area contributed by atoms with Gasteiger partial charge in [0, 0.05) is 6.42 Å². The monoisotopic (exact) mass is 228 g/mol. The van der Waals surface area contributed by atoms with Crippen LogP contribution in [0.4, 0.5) is 0 Å². The van der Waals surface area contributed by atoms with Crippen molar-refractivity contribution in [2.75, 3.05) is 14.2 Å². The third-order valence-corrected chi connectivity index (χ3v) is 2.34. The van der Waals surface area contributed by atoms with Crippen molar-refractivity contribution in [1.82, 2.24) is 0 Å². The Balaban J connectivity index is 5.10. The van der Waals surface area contributed by atoms with E-state index >= 15 is 0 Å². The second-order valence-corrected chi connectivity index (χ2v) is 3.65. The maximum absolute atomic E-state index is 11.5. The number of esters is 2. The number of carbonyl (C=O) groups excluding carboxylic acids is 3. The molecule has 0 heterocycles. The molecule has 0 saturated heterocycles. The lowest BCUT2D eigenvalue weighted by atomic mass is 9.83. The molecule has 0 aliphatic rings. The summed E-state index contributed by atoms with van der Waals surface area (Å²) in [5.41, 5.74) is -1.34. The largest absolute Gasteiger partial charge is 0.468 e. The zero-order valence-electron chi connectivity index (χ0n) is 9.96. The Morgan fingerprint density at radius 2 is 1.50 bits per heavy atom. The highest BCUT2D eigenvalue weighted by Gasteiger charge is 2.44. The molecule has 0 aliphatic carbocycles. The van der Waals surface area contributed by atoms with Gasteiger partial charge in [0.05, 0.1) is 14.2 Å². The van der Waals surface area contributed by atoms with Crippen LogP contribution in [0.2, 0.25) is 0 Å². The number of Topliss-reactive ketones (excluding diaryl/α,β-unsaturated/α-hetero) is 1. The maximum atomic E-state index is 11.5. The number of rotatable bonds is 5. The molecule has 0 aromatic carbocycles. The third-order valence-electron chi connectivity index (χ3n) is 2.34. The van der Waals surface area contributed by atoms with Gasteiger partial charge in [0.15, 0.2) is 11.2 Å². The van der Waals surface area contributed by atoms with Crippen LogP contribution in [0.15, 0.2) is 12.2 Å². The first-order valence-electron chi connectivity index (χ1n) is 4.65. The normalized spacial score (nSPS) is 10.5. The summed E-state index contributed by atoms with van der Waals surface area (Å²) in [5.74, 6) is -1.78. The third kappa shape index (κ3) is 2.92. The molecule has 5 nitrogen and oxygen atoms in total. The van der Waals surface area contributed by atoms with E-state index in [-0.39, 0.29) is 17.8 Å². The van der Waals surface area contributed by atoms with Crippen LogP contribution in [0.25, 0.3) is 0 Å². The maximum Gasteiger partial charge on any atom is 0.323 e. The minimum atomic E-state index is -1.52. The molecule has 0 saturated carbocycles. The summed E-state index contributed by atoms with van der Waals surface area (Å²) in [4.78, 5) is 34.1. The Kier molecular flexibility index (Phi) is 4.88. The van der Waals surface area contributed by atoms with Gasteiger partial charge in [-0.25, -0.2) is 0 Å². The van der Waals surface area contributed by atoms with E-state index in [2.05, 4.69) is 16.1 Å². The van der Waals surface area contributed by atoms with Crippen molar-refractivity contribution in [2.45, 2.75) is 20.3 Å². The minimum absolute atomic E-state index is 0.109. The van der Waals surface area contributed by atoms with E-state index in [1.807, 2.05) is 0 Å². The molecule has 0 amide bonds. The lowest BCUT2D eigenvalue weighted by Gasteiger charge is -2.23. The number of ketones is 1. The van der Waals surface area contributed by atoms with E-state index < -0.39 is 17.4 Å². The van der Waals surface area contributed by atoms with Crippen molar-refractivity contribution in [3.63, 3.8) is 0 Å². The Hall–Kier alpha value is -1.65. The number of methoxy groups -OCH3 is 2. The second kappa shape index (κ2) is 5.44. The van der Waals surface area contributed by atoms with Gasteiger partial charge in [-0.15, -0.1) is 0 Å². The molecule has 0 N–H and O–H groups in total. The Morgan fingerprint density at radius 3 is 1.75 bits per heavy atom. The highest BCUT2D eigenvalue weighted by Crippen LogP contribution is 2.28. The van der Waals surface area contributed by atoms with E-state index in [4.69, 9.17) is 0 Å². The predicted octanol–water partition coefficient (Wildman–Crippen LogP) is 0.874. The van der Waals surface area contributed by atoms with E-state index in [0.29, 0.717) is 0 Å². The molecule has 5 heteroatoms. The quantitative estimate of drug-likeness (QED) is 0.397. The summed E-state index contributed by atoms with van der Waals surface area (Å²) in [6, 6.07) is 0. The number of allylic oxidation sites excluding steroid dienone is 1. The summed E-state index contributed by atoms with van der Waals surface area (Å²) < 4.78 is 9.05. The molecule has 0 aliphatic heterocycles. The van der Waals surface area contributed by atoms with Crippen molar-refractivity contribution in [3.8, 4) is 0 Å². The highest BCUT2D eigenvalue weighted by atomic mass is 16.5. The number of hydrogen-bond acceptors (Lipinski definition) is 5. The zero-order valence-corrected chi connectivity index (χ0v) is 9.96. The van der Waals surface area contributed by atoms with Crippen molar-refractivity contribution in [1.29, 1.82) is 0 Å². The fourth-order valence-corrected chi connectivity index (χ4v) is 1.23. The highest BCUT2D eigenvalue weighted by molar-refractivity contribution is 6.02. The summed E-state index contributed by atoms with van der Waals surface area (Å²) in [5, 5.41) is 0. The summed E-state index contributed by atoms with van der Waals surface area (Å²) in [6.45, 7) is 6.18.